The first kappa shape index (κ1) is 13.6. The van der Waals surface area contributed by atoms with Gasteiger partial charge in [0.1, 0.15) is 0 Å². The molecule has 0 amide bonds. The highest BCUT2D eigenvalue weighted by Gasteiger charge is 2.43. The predicted molar refractivity (Wildman–Crippen MR) is 74.4 cm³/mol. The maximum atomic E-state index is 12.1. The Hall–Kier alpha value is -1.36. The zero-order chi connectivity index (χ0) is 14.4. The van der Waals surface area contributed by atoms with Crippen molar-refractivity contribution in [3.8, 4) is 0 Å². The van der Waals surface area contributed by atoms with Crippen LogP contribution in [0.15, 0.2) is 29.2 Å². The van der Waals surface area contributed by atoms with E-state index in [9.17, 15) is 18.3 Å². The minimum atomic E-state index is -3.19. The summed E-state index contributed by atoms with van der Waals surface area (Å²) in [4.78, 5) is 11.9. The van der Waals surface area contributed by atoms with Crippen LogP contribution in [0.5, 0.6) is 0 Å². The molecule has 2 saturated carbocycles. The van der Waals surface area contributed by atoms with Gasteiger partial charge in [0, 0.05) is 0 Å². The average Bonchev–Trinajstić information content (AvgIpc) is 3.17. The van der Waals surface area contributed by atoms with E-state index < -0.39 is 21.2 Å². The Morgan fingerprint density at radius 2 is 1.65 bits per heavy atom. The summed E-state index contributed by atoms with van der Waals surface area (Å²) in [5, 5.41) is 9.30. The lowest BCUT2D eigenvalue weighted by molar-refractivity contribution is -0.143. The Bertz CT molecular complexity index is 620. The number of hydrogen-bond donors (Lipinski definition) is 1. The van der Waals surface area contributed by atoms with Crippen LogP contribution in [0.3, 0.4) is 0 Å². The Balaban J connectivity index is 1.95. The monoisotopic (exact) mass is 294 g/mol. The van der Waals surface area contributed by atoms with E-state index in [1.807, 2.05) is 0 Å². The van der Waals surface area contributed by atoms with Gasteiger partial charge in [-0.3, -0.25) is 4.79 Å². The van der Waals surface area contributed by atoms with Crippen LogP contribution in [0.25, 0.3) is 0 Å². The van der Waals surface area contributed by atoms with Gasteiger partial charge in [0.25, 0.3) is 0 Å². The van der Waals surface area contributed by atoms with Crippen molar-refractivity contribution >= 4 is 15.8 Å². The van der Waals surface area contributed by atoms with Crippen molar-refractivity contribution in [2.45, 2.75) is 54.1 Å². The molecule has 0 atom stereocenters. The van der Waals surface area contributed by atoms with Gasteiger partial charge in [-0.15, -0.1) is 0 Å². The van der Waals surface area contributed by atoms with Crippen molar-refractivity contribution in [2.24, 2.45) is 0 Å². The predicted octanol–water partition coefficient (Wildman–Crippen LogP) is 2.52. The molecular weight excluding hydrogens is 276 g/mol. The first-order valence-corrected chi connectivity index (χ1v) is 8.59. The largest absolute Gasteiger partial charge is 0.481 e. The summed E-state index contributed by atoms with van der Waals surface area (Å²) in [5.74, 6) is -0.798. The van der Waals surface area contributed by atoms with Gasteiger partial charge in [-0.05, 0) is 43.4 Å². The fourth-order valence-corrected chi connectivity index (χ4v) is 4.80. The number of sulfone groups is 1. The van der Waals surface area contributed by atoms with E-state index in [1.54, 1.807) is 24.3 Å². The second-order valence-electron chi connectivity index (χ2n) is 5.86. The average molecular weight is 294 g/mol. The second kappa shape index (κ2) is 4.58. The van der Waals surface area contributed by atoms with E-state index in [4.69, 9.17) is 0 Å². The maximum absolute atomic E-state index is 12.1. The minimum absolute atomic E-state index is 0.228. The van der Waals surface area contributed by atoms with Gasteiger partial charge in [-0.1, -0.05) is 25.0 Å². The number of hydrogen-bond acceptors (Lipinski definition) is 3. The van der Waals surface area contributed by atoms with Crippen LogP contribution in [0, 0.1) is 0 Å². The highest BCUT2D eigenvalue weighted by atomic mass is 32.2. The van der Waals surface area contributed by atoms with Gasteiger partial charge in [0.05, 0.1) is 15.6 Å². The van der Waals surface area contributed by atoms with Crippen LogP contribution >= 0.6 is 0 Å². The number of aliphatic carboxylic acids is 1. The second-order valence-corrected chi connectivity index (χ2v) is 8.09. The van der Waals surface area contributed by atoms with Crippen LogP contribution in [0.4, 0.5) is 0 Å². The van der Waals surface area contributed by atoms with Gasteiger partial charge in [-0.25, -0.2) is 8.42 Å². The first-order chi connectivity index (χ1) is 9.47. The fraction of sp³-hybridized carbons (Fsp3) is 0.533. The van der Waals surface area contributed by atoms with Crippen molar-refractivity contribution in [2.75, 3.05) is 0 Å². The van der Waals surface area contributed by atoms with E-state index in [0.29, 0.717) is 17.7 Å². The Labute approximate surface area is 118 Å². The summed E-state index contributed by atoms with van der Waals surface area (Å²) >= 11 is 0. The third kappa shape index (κ3) is 2.04. The number of carboxylic acid groups (broad SMARTS) is 1. The molecule has 0 aromatic heterocycles. The molecule has 2 aliphatic rings. The highest BCUT2D eigenvalue weighted by molar-refractivity contribution is 7.92. The summed E-state index contributed by atoms with van der Waals surface area (Å²) in [6.45, 7) is 0. The lowest BCUT2D eigenvalue weighted by atomic mass is 9.79. The number of benzene rings is 1. The zero-order valence-electron chi connectivity index (χ0n) is 11.2. The molecule has 0 heterocycles. The highest BCUT2D eigenvalue weighted by Crippen LogP contribution is 2.42. The standard InChI is InChI=1S/C15H18O4S/c16-14(17)15(9-1-2-10-15)11-3-5-12(6-4-11)20(18,19)13-7-8-13/h3-6,13H,1-2,7-10H2,(H,16,17). The molecule has 108 valence electrons. The summed E-state index contributed by atoms with van der Waals surface area (Å²) in [5.41, 5.74) is -0.0840. The molecule has 2 aliphatic carbocycles. The van der Waals surface area contributed by atoms with Gasteiger partial charge < -0.3 is 5.11 Å². The molecule has 3 rings (SSSR count). The summed E-state index contributed by atoms with van der Waals surface area (Å²) in [7, 11) is -3.19. The van der Waals surface area contributed by atoms with Crippen molar-refractivity contribution in [1.29, 1.82) is 0 Å². The topological polar surface area (TPSA) is 71.4 Å². The molecule has 2 fully saturated rings. The molecule has 0 bridgehead atoms. The third-order valence-electron chi connectivity index (χ3n) is 4.57. The van der Waals surface area contributed by atoms with E-state index >= 15 is 0 Å². The van der Waals surface area contributed by atoms with Gasteiger partial charge in [0.2, 0.25) is 0 Å². The number of carboxylic acids is 1. The van der Waals surface area contributed by atoms with E-state index in [2.05, 4.69) is 0 Å². The molecule has 1 aromatic rings. The molecule has 5 heteroatoms. The van der Waals surface area contributed by atoms with Crippen molar-refractivity contribution in [3.63, 3.8) is 0 Å². The molecule has 1 N–H and O–H groups in total. The van der Waals surface area contributed by atoms with Crippen LogP contribution in [0.2, 0.25) is 0 Å². The molecular formula is C15H18O4S. The smallest absolute Gasteiger partial charge is 0.314 e. The first-order valence-electron chi connectivity index (χ1n) is 7.05. The van der Waals surface area contributed by atoms with Gasteiger partial charge >= 0.3 is 5.97 Å². The number of rotatable bonds is 4. The fourth-order valence-electron chi connectivity index (χ4n) is 3.14. The Morgan fingerprint density at radius 1 is 1.10 bits per heavy atom. The SMILES string of the molecule is O=C(O)C1(c2ccc(S(=O)(=O)C3CC3)cc2)CCCC1. The minimum Gasteiger partial charge on any atom is -0.481 e. The lowest BCUT2D eigenvalue weighted by Gasteiger charge is -2.24. The van der Waals surface area contributed by atoms with Crippen molar-refractivity contribution in [1.82, 2.24) is 0 Å². The molecule has 0 unspecified atom stereocenters. The molecule has 0 radical (unpaired) electrons. The normalized spacial score (nSPS) is 21.8. The van der Waals surface area contributed by atoms with Gasteiger partial charge in [-0.2, -0.15) is 0 Å². The summed E-state index contributed by atoms with van der Waals surface area (Å²) in [6, 6.07) is 6.53. The van der Waals surface area contributed by atoms with Crippen LogP contribution < -0.4 is 0 Å². The van der Waals surface area contributed by atoms with Crippen LogP contribution in [-0.4, -0.2) is 24.7 Å². The maximum Gasteiger partial charge on any atom is 0.314 e. The Kier molecular flexibility index (Phi) is 3.12. The molecule has 1 aromatic carbocycles. The molecule has 0 spiro atoms. The molecule has 0 aliphatic heterocycles. The molecule has 20 heavy (non-hydrogen) atoms. The third-order valence-corrected chi connectivity index (χ3v) is 6.84. The van der Waals surface area contributed by atoms with Gasteiger partial charge in [0.15, 0.2) is 9.84 Å². The van der Waals surface area contributed by atoms with Crippen molar-refractivity contribution in [3.05, 3.63) is 29.8 Å². The quantitative estimate of drug-likeness (QED) is 0.926. The van der Waals surface area contributed by atoms with Crippen molar-refractivity contribution < 1.29 is 18.3 Å². The Morgan fingerprint density at radius 3 is 2.10 bits per heavy atom. The van der Waals surface area contributed by atoms with E-state index in [-0.39, 0.29) is 5.25 Å². The zero-order valence-corrected chi connectivity index (χ0v) is 12.0. The van der Waals surface area contributed by atoms with E-state index in [0.717, 1.165) is 31.2 Å². The summed E-state index contributed by atoms with van der Waals surface area (Å²) in [6.07, 6.45) is 4.57. The lowest BCUT2D eigenvalue weighted by Crippen LogP contribution is -2.32. The summed E-state index contributed by atoms with van der Waals surface area (Å²) < 4.78 is 24.2. The van der Waals surface area contributed by atoms with Crippen LogP contribution in [-0.2, 0) is 20.0 Å². The van der Waals surface area contributed by atoms with E-state index in [1.165, 1.54) is 0 Å². The molecule has 4 nitrogen and oxygen atoms in total. The number of carbonyl (C=O) groups is 1. The van der Waals surface area contributed by atoms with Crippen LogP contribution in [0.1, 0.15) is 44.1 Å². The molecule has 0 saturated heterocycles.